The summed E-state index contributed by atoms with van der Waals surface area (Å²) in [4.78, 5) is 0. The monoisotopic (exact) mass is 270 g/mol. The Labute approximate surface area is 120 Å². The summed E-state index contributed by atoms with van der Waals surface area (Å²) in [5, 5.41) is 0. The van der Waals surface area contributed by atoms with Gasteiger partial charge in [-0.1, -0.05) is 72.6 Å². The Balaban J connectivity index is 0.000000191. The van der Waals surface area contributed by atoms with Gasteiger partial charge in [-0.2, -0.15) is 0 Å². The van der Waals surface area contributed by atoms with E-state index in [1.165, 1.54) is 38.5 Å². The predicted octanol–water partition coefficient (Wildman–Crippen LogP) is 6.39. The molecule has 1 heteroatoms. The molecule has 0 aromatic carbocycles. The Morgan fingerprint density at radius 2 is 1.21 bits per heavy atom. The molecular weight excluding hydrogens is 235 g/mol. The molecule has 0 aromatic rings. The summed E-state index contributed by atoms with van der Waals surface area (Å²) in [6, 6.07) is 0. The van der Waals surface area contributed by atoms with Crippen molar-refractivity contribution < 1.29 is 4.39 Å². The van der Waals surface area contributed by atoms with Gasteiger partial charge in [0.15, 0.2) is 0 Å². The van der Waals surface area contributed by atoms with E-state index in [0.29, 0.717) is 11.8 Å². The van der Waals surface area contributed by atoms with Crippen LogP contribution in [0.3, 0.4) is 0 Å². The zero-order valence-corrected chi connectivity index (χ0v) is 13.6. The highest BCUT2D eigenvalue weighted by atomic mass is 19.1. The third-order valence-corrected chi connectivity index (χ3v) is 5.18. The van der Waals surface area contributed by atoms with Crippen molar-refractivity contribution in [1.82, 2.24) is 0 Å². The quantitative estimate of drug-likeness (QED) is 0.545. The first-order valence-electron chi connectivity index (χ1n) is 8.66. The normalized spacial score (nSPS) is 29.2. The maximum atomic E-state index is 13.1. The van der Waals surface area contributed by atoms with Gasteiger partial charge in [0.2, 0.25) is 0 Å². The molecule has 0 saturated heterocycles. The molecule has 2 saturated carbocycles. The molecule has 0 bridgehead atoms. The molecular formula is C18H35F. The first-order chi connectivity index (χ1) is 9.02. The molecule has 0 radical (unpaired) electrons. The molecule has 2 unspecified atom stereocenters. The molecule has 2 fully saturated rings. The zero-order valence-electron chi connectivity index (χ0n) is 13.6. The van der Waals surface area contributed by atoms with Crippen molar-refractivity contribution in [3.8, 4) is 0 Å². The Bertz CT molecular complexity index is 216. The standard InChI is InChI=1S/C9H17F.C9H18/c1-7(2)8-5-3-4-6-9(8)10;1-8(2)9-6-4-3-5-7-9/h7-9H,3-6H2,1-2H3;8-9H,3-7H2,1-2H3. The summed E-state index contributed by atoms with van der Waals surface area (Å²) in [7, 11) is 0. The van der Waals surface area contributed by atoms with Gasteiger partial charge in [0.1, 0.15) is 6.17 Å². The van der Waals surface area contributed by atoms with Gasteiger partial charge in [-0.15, -0.1) is 0 Å². The predicted molar refractivity (Wildman–Crippen MR) is 83.1 cm³/mol. The van der Waals surface area contributed by atoms with Crippen LogP contribution in [0.15, 0.2) is 0 Å². The van der Waals surface area contributed by atoms with E-state index in [2.05, 4.69) is 27.7 Å². The SMILES string of the molecule is CC(C)C1CCCCC1.CC(C)C1CCCCC1F. The summed E-state index contributed by atoms with van der Waals surface area (Å²) in [6.45, 7) is 8.97. The van der Waals surface area contributed by atoms with Gasteiger partial charge >= 0.3 is 0 Å². The van der Waals surface area contributed by atoms with Crippen molar-refractivity contribution in [3.05, 3.63) is 0 Å². The lowest BCUT2D eigenvalue weighted by atomic mass is 9.80. The molecule has 0 aromatic heterocycles. The molecule has 0 amide bonds. The van der Waals surface area contributed by atoms with Gasteiger partial charge < -0.3 is 0 Å². The van der Waals surface area contributed by atoms with Crippen LogP contribution in [0, 0.1) is 23.7 Å². The van der Waals surface area contributed by atoms with Gasteiger partial charge in [0.05, 0.1) is 0 Å². The van der Waals surface area contributed by atoms with E-state index in [1.54, 1.807) is 0 Å². The fraction of sp³-hybridized carbons (Fsp3) is 1.00. The second-order valence-corrected chi connectivity index (χ2v) is 7.35. The van der Waals surface area contributed by atoms with Crippen molar-refractivity contribution in [3.63, 3.8) is 0 Å². The molecule has 0 N–H and O–H groups in total. The maximum absolute atomic E-state index is 13.1. The molecule has 0 heterocycles. The van der Waals surface area contributed by atoms with Crippen LogP contribution in [0.25, 0.3) is 0 Å². The minimum atomic E-state index is -0.506. The van der Waals surface area contributed by atoms with Crippen LogP contribution in [0.2, 0.25) is 0 Å². The lowest BCUT2D eigenvalue weighted by molar-refractivity contribution is 0.127. The molecule has 2 aliphatic rings. The van der Waals surface area contributed by atoms with Gasteiger partial charge in [0.25, 0.3) is 0 Å². The molecule has 2 atom stereocenters. The smallest absolute Gasteiger partial charge is 0.103 e. The topological polar surface area (TPSA) is 0 Å². The third-order valence-electron chi connectivity index (χ3n) is 5.18. The van der Waals surface area contributed by atoms with Crippen molar-refractivity contribution in [2.75, 3.05) is 0 Å². The van der Waals surface area contributed by atoms with E-state index >= 15 is 0 Å². The first-order valence-corrected chi connectivity index (χ1v) is 8.66. The lowest BCUT2D eigenvalue weighted by Crippen LogP contribution is -2.24. The number of alkyl halides is 1. The number of hydrogen-bond donors (Lipinski definition) is 0. The summed E-state index contributed by atoms with van der Waals surface area (Å²) < 4.78 is 13.1. The number of rotatable bonds is 2. The van der Waals surface area contributed by atoms with E-state index in [1.807, 2.05) is 0 Å². The molecule has 19 heavy (non-hydrogen) atoms. The molecule has 2 aliphatic carbocycles. The van der Waals surface area contributed by atoms with Gasteiger partial charge in [-0.05, 0) is 36.5 Å². The minimum absolute atomic E-state index is 0.355. The van der Waals surface area contributed by atoms with E-state index in [4.69, 9.17) is 0 Å². The average molecular weight is 270 g/mol. The fourth-order valence-corrected chi connectivity index (χ4v) is 3.67. The van der Waals surface area contributed by atoms with E-state index in [-0.39, 0.29) is 0 Å². The second-order valence-electron chi connectivity index (χ2n) is 7.35. The van der Waals surface area contributed by atoms with Crippen molar-refractivity contribution >= 4 is 0 Å². The van der Waals surface area contributed by atoms with Crippen LogP contribution in [-0.2, 0) is 0 Å². The molecule has 2 rings (SSSR count). The highest BCUT2D eigenvalue weighted by molar-refractivity contribution is 4.76. The second kappa shape index (κ2) is 8.97. The van der Waals surface area contributed by atoms with Crippen LogP contribution >= 0.6 is 0 Å². The first kappa shape index (κ1) is 17.0. The van der Waals surface area contributed by atoms with Gasteiger partial charge in [0, 0.05) is 0 Å². The summed E-state index contributed by atoms with van der Waals surface area (Å²) in [5.41, 5.74) is 0. The van der Waals surface area contributed by atoms with Gasteiger partial charge in [-0.3, -0.25) is 0 Å². The molecule has 114 valence electrons. The molecule has 0 nitrogen and oxygen atoms in total. The van der Waals surface area contributed by atoms with Crippen LogP contribution in [0.5, 0.6) is 0 Å². The largest absolute Gasteiger partial charge is 0.247 e. The highest BCUT2D eigenvalue weighted by Gasteiger charge is 2.26. The van der Waals surface area contributed by atoms with Crippen molar-refractivity contribution in [1.29, 1.82) is 0 Å². The fourth-order valence-electron chi connectivity index (χ4n) is 3.67. The Morgan fingerprint density at radius 3 is 1.58 bits per heavy atom. The van der Waals surface area contributed by atoms with E-state index in [0.717, 1.165) is 31.1 Å². The molecule has 0 spiro atoms. The maximum Gasteiger partial charge on any atom is 0.103 e. The summed E-state index contributed by atoms with van der Waals surface area (Å²) in [6.07, 6.45) is 11.2. The third kappa shape index (κ3) is 6.27. The minimum Gasteiger partial charge on any atom is -0.247 e. The summed E-state index contributed by atoms with van der Waals surface area (Å²) in [5.74, 6) is 2.88. The van der Waals surface area contributed by atoms with Crippen molar-refractivity contribution in [2.45, 2.75) is 91.7 Å². The Morgan fingerprint density at radius 1 is 0.684 bits per heavy atom. The average Bonchev–Trinajstić information content (AvgIpc) is 2.40. The van der Waals surface area contributed by atoms with Crippen molar-refractivity contribution in [2.24, 2.45) is 23.7 Å². The summed E-state index contributed by atoms with van der Waals surface area (Å²) >= 11 is 0. The van der Waals surface area contributed by atoms with Crippen LogP contribution in [-0.4, -0.2) is 6.17 Å². The highest BCUT2D eigenvalue weighted by Crippen LogP contribution is 2.32. The van der Waals surface area contributed by atoms with Crippen LogP contribution in [0.4, 0.5) is 4.39 Å². The molecule has 0 aliphatic heterocycles. The van der Waals surface area contributed by atoms with E-state index in [9.17, 15) is 4.39 Å². The van der Waals surface area contributed by atoms with Crippen LogP contribution in [0.1, 0.15) is 85.5 Å². The Hall–Kier alpha value is -0.0700. The number of halogens is 1. The zero-order chi connectivity index (χ0) is 14.3. The number of hydrogen-bond acceptors (Lipinski definition) is 0. The van der Waals surface area contributed by atoms with Crippen LogP contribution < -0.4 is 0 Å². The Kier molecular flexibility index (Phi) is 8.02. The van der Waals surface area contributed by atoms with Gasteiger partial charge in [-0.25, -0.2) is 4.39 Å². The lowest BCUT2D eigenvalue weighted by Gasteiger charge is -2.28. The van der Waals surface area contributed by atoms with E-state index < -0.39 is 6.17 Å².